The van der Waals surface area contributed by atoms with E-state index in [1.165, 1.54) is 0 Å². The highest BCUT2D eigenvalue weighted by molar-refractivity contribution is 5.66. The van der Waals surface area contributed by atoms with Crippen LogP contribution in [0, 0.1) is 6.92 Å². The molecule has 3 aromatic rings. The van der Waals surface area contributed by atoms with Crippen molar-refractivity contribution < 1.29 is 10.2 Å². The van der Waals surface area contributed by atoms with Crippen molar-refractivity contribution in [3.63, 3.8) is 0 Å². The number of aromatic hydroxyl groups is 1. The van der Waals surface area contributed by atoms with Gasteiger partial charge < -0.3 is 15.5 Å². The van der Waals surface area contributed by atoms with Crippen LogP contribution in [0.5, 0.6) is 5.75 Å². The fourth-order valence-corrected chi connectivity index (χ4v) is 2.66. The third-order valence-electron chi connectivity index (χ3n) is 3.96. The molecule has 0 spiro atoms. The first kappa shape index (κ1) is 16.1. The van der Waals surface area contributed by atoms with Crippen LogP contribution >= 0.6 is 0 Å². The summed E-state index contributed by atoms with van der Waals surface area (Å²) < 4.78 is 1.75. The summed E-state index contributed by atoms with van der Waals surface area (Å²) in [6.45, 7) is 2.96. The maximum Gasteiger partial charge on any atom is 0.125 e. The molecule has 2 aromatic carbocycles. The van der Waals surface area contributed by atoms with Gasteiger partial charge in [0.2, 0.25) is 0 Å². The van der Waals surface area contributed by atoms with E-state index in [4.69, 9.17) is 0 Å². The van der Waals surface area contributed by atoms with Gasteiger partial charge in [0.05, 0.1) is 18.8 Å². The van der Waals surface area contributed by atoms with E-state index < -0.39 is 0 Å². The number of hydrogen-bond acceptors (Lipinski definition) is 4. The Labute approximate surface area is 141 Å². The number of hydrogen-bond donors (Lipinski definition) is 3. The van der Waals surface area contributed by atoms with E-state index in [1.807, 2.05) is 36.4 Å². The molecule has 0 amide bonds. The average Bonchev–Trinajstić information content (AvgIpc) is 2.98. The molecule has 0 fully saturated rings. The summed E-state index contributed by atoms with van der Waals surface area (Å²) in [7, 11) is 0. The molecule has 0 aliphatic rings. The average molecular weight is 323 g/mol. The second kappa shape index (κ2) is 7.19. The second-order valence-corrected chi connectivity index (χ2v) is 5.66. The lowest BCUT2D eigenvalue weighted by atomic mass is 10.1. The number of phenolic OH excluding ortho intramolecular Hbond substituents is 1. The van der Waals surface area contributed by atoms with Gasteiger partial charge in [0.15, 0.2) is 0 Å². The summed E-state index contributed by atoms with van der Waals surface area (Å²) in [6, 6.07) is 17.3. The highest BCUT2D eigenvalue weighted by atomic mass is 16.3. The number of nitrogens with one attached hydrogen (secondary N) is 1. The molecule has 0 aliphatic heterocycles. The zero-order chi connectivity index (χ0) is 16.9. The van der Waals surface area contributed by atoms with Crippen molar-refractivity contribution in [3.8, 4) is 17.0 Å². The maximum atomic E-state index is 9.88. The van der Waals surface area contributed by atoms with Gasteiger partial charge in [0, 0.05) is 23.7 Å². The fraction of sp³-hybridized carbons (Fsp3) is 0.211. The number of aryl methyl sites for hydroxylation is 1. The van der Waals surface area contributed by atoms with Crippen LogP contribution in [0.3, 0.4) is 0 Å². The quantitative estimate of drug-likeness (QED) is 0.652. The van der Waals surface area contributed by atoms with E-state index in [-0.39, 0.29) is 12.4 Å². The Kier molecular flexibility index (Phi) is 4.82. The molecule has 0 saturated carbocycles. The number of benzene rings is 2. The monoisotopic (exact) mass is 323 g/mol. The first-order valence-corrected chi connectivity index (χ1v) is 7.94. The summed E-state index contributed by atoms with van der Waals surface area (Å²) in [4.78, 5) is 0. The predicted molar refractivity (Wildman–Crippen MR) is 94.9 cm³/mol. The Bertz CT molecular complexity index is 827. The zero-order valence-electron chi connectivity index (χ0n) is 13.6. The van der Waals surface area contributed by atoms with E-state index in [0.717, 1.165) is 28.2 Å². The predicted octanol–water partition coefficient (Wildman–Crippen LogP) is 3.17. The highest BCUT2D eigenvalue weighted by Crippen LogP contribution is 2.26. The third kappa shape index (κ3) is 3.41. The highest BCUT2D eigenvalue weighted by Gasteiger charge is 2.11. The molecule has 0 bridgehead atoms. The van der Waals surface area contributed by atoms with Crippen LogP contribution in [-0.4, -0.2) is 26.6 Å². The normalized spacial score (nSPS) is 10.8. The van der Waals surface area contributed by atoms with Gasteiger partial charge in [-0.15, -0.1) is 0 Å². The minimum Gasteiger partial charge on any atom is -0.508 e. The molecule has 3 rings (SSSR count). The molecule has 0 saturated heterocycles. The lowest BCUT2D eigenvalue weighted by Gasteiger charge is -2.09. The summed E-state index contributed by atoms with van der Waals surface area (Å²) in [5.74, 6) is 1.07. The molecular weight excluding hydrogens is 302 g/mol. The first-order chi connectivity index (χ1) is 11.7. The van der Waals surface area contributed by atoms with E-state index in [9.17, 15) is 10.2 Å². The Hall–Kier alpha value is -2.79. The van der Waals surface area contributed by atoms with Crippen molar-refractivity contribution >= 4 is 5.82 Å². The second-order valence-electron chi connectivity index (χ2n) is 5.66. The smallest absolute Gasteiger partial charge is 0.125 e. The van der Waals surface area contributed by atoms with Crippen molar-refractivity contribution in [2.75, 3.05) is 11.9 Å². The molecule has 1 aromatic heterocycles. The van der Waals surface area contributed by atoms with Crippen molar-refractivity contribution in [1.29, 1.82) is 0 Å². The lowest BCUT2D eigenvalue weighted by molar-refractivity contribution is 0.270. The lowest BCUT2D eigenvalue weighted by Crippen LogP contribution is -2.10. The molecule has 24 heavy (non-hydrogen) atoms. The van der Waals surface area contributed by atoms with E-state index in [2.05, 4.69) is 23.4 Å². The number of aromatic nitrogens is 2. The van der Waals surface area contributed by atoms with Crippen LogP contribution in [0.1, 0.15) is 11.1 Å². The van der Waals surface area contributed by atoms with Gasteiger partial charge in [-0.05, 0) is 18.6 Å². The fourth-order valence-electron chi connectivity index (χ4n) is 2.66. The topological polar surface area (TPSA) is 70.3 Å². The molecule has 1 heterocycles. The zero-order valence-corrected chi connectivity index (χ0v) is 13.6. The van der Waals surface area contributed by atoms with Crippen LogP contribution in [0.15, 0.2) is 54.6 Å². The van der Waals surface area contributed by atoms with Gasteiger partial charge in [-0.3, -0.25) is 0 Å². The molecule has 0 atom stereocenters. The molecule has 5 nitrogen and oxygen atoms in total. The van der Waals surface area contributed by atoms with Gasteiger partial charge >= 0.3 is 0 Å². The van der Waals surface area contributed by atoms with Crippen LogP contribution in [0.4, 0.5) is 5.82 Å². The van der Waals surface area contributed by atoms with Gasteiger partial charge in [0.25, 0.3) is 0 Å². The number of aliphatic hydroxyl groups is 1. The Morgan fingerprint density at radius 3 is 2.58 bits per heavy atom. The molecule has 124 valence electrons. The number of nitrogens with zero attached hydrogens (tertiary/aromatic N) is 2. The van der Waals surface area contributed by atoms with Crippen molar-refractivity contribution in [2.45, 2.75) is 20.0 Å². The Morgan fingerprint density at radius 2 is 1.83 bits per heavy atom. The number of rotatable bonds is 6. The largest absolute Gasteiger partial charge is 0.508 e. The van der Waals surface area contributed by atoms with E-state index >= 15 is 0 Å². The van der Waals surface area contributed by atoms with Gasteiger partial charge in [-0.2, -0.15) is 5.10 Å². The van der Waals surface area contributed by atoms with Crippen LogP contribution in [0.2, 0.25) is 0 Å². The minimum atomic E-state index is 0.0140. The molecular formula is C19H21N3O2. The number of phenols is 1. The van der Waals surface area contributed by atoms with Crippen LogP contribution < -0.4 is 5.32 Å². The SMILES string of the molecule is Cc1ccccc1-c1cc(NCc2ccccc2O)n(CCO)n1. The standard InChI is InChI=1S/C19H21N3O2/c1-14-6-2-4-8-16(14)17-12-19(22(21-17)10-11-23)20-13-15-7-3-5-9-18(15)24/h2-9,12,20,23-24H,10-11,13H2,1H3. The van der Waals surface area contributed by atoms with Gasteiger partial charge in [-0.25, -0.2) is 4.68 Å². The third-order valence-corrected chi connectivity index (χ3v) is 3.96. The molecule has 3 N–H and O–H groups in total. The summed E-state index contributed by atoms with van der Waals surface area (Å²) in [5.41, 5.74) is 3.89. The summed E-state index contributed by atoms with van der Waals surface area (Å²) in [5, 5.41) is 27.0. The summed E-state index contributed by atoms with van der Waals surface area (Å²) >= 11 is 0. The Morgan fingerprint density at radius 1 is 1.08 bits per heavy atom. The number of aliphatic hydroxyl groups excluding tert-OH is 1. The van der Waals surface area contributed by atoms with Crippen molar-refractivity contribution in [1.82, 2.24) is 9.78 Å². The van der Waals surface area contributed by atoms with E-state index in [1.54, 1.807) is 16.8 Å². The molecule has 0 unspecified atom stereocenters. The van der Waals surface area contributed by atoms with Gasteiger partial charge in [0.1, 0.15) is 11.6 Å². The van der Waals surface area contributed by atoms with E-state index in [0.29, 0.717) is 13.1 Å². The maximum absolute atomic E-state index is 9.88. The number of para-hydroxylation sites is 1. The Balaban J connectivity index is 1.87. The van der Waals surface area contributed by atoms with Gasteiger partial charge in [-0.1, -0.05) is 42.5 Å². The molecule has 5 heteroatoms. The van der Waals surface area contributed by atoms with Crippen LogP contribution in [-0.2, 0) is 13.1 Å². The van der Waals surface area contributed by atoms with Crippen molar-refractivity contribution in [2.24, 2.45) is 0 Å². The van der Waals surface area contributed by atoms with Crippen molar-refractivity contribution in [3.05, 3.63) is 65.7 Å². The first-order valence-electron chi connectivity index (χ1n) is 7.94. The minimum absolute atomic E-state index is 0.0140. The number of anilines is 1. The summed E-state index contributed by atoms with van der Waals surface area (Å²) in [6.07, 6.45) is 0. The van der Waals surface area contributed by atoms with Crippen LogP contribution in [0.25, 0.3) is 11.3 Å². The molecule has 0 radical (unpaired) electrons. The molecule has 0 aliphatic carbocycles.